The summed E-state index contributed by atoms with van der Waals surface area (Å²) >= 11 is 0. The molecule has 2 aromatic carbocycles. The van der Waals surface area contributed by atoms with Gasteiger partial charge in [0.2, 0.25) is 5.91 Å². The molecule has 0 fully saturated rings. The molecule has 27 heavy (non-hydrogen) atoms. The molecule has 1 unspecified atom stereocenters. The topological polar surface area (TPSA) is 78.5 Å². The number of rotatable bonds is 7. The Morgan fingerprint density at radius 2 is 1.52 bits per heavy atom. The van der Waals surface area contributed by atoms with Gasteiger partial charge in [-0.05, 0) is 36.8 Å². The zero-order chi connectivity index (χ0) is 19.8. The normalized spacial score (nSPS) is 11.4. The first-order valence-corrected chi connectivity index (χ1v) is 8.81. The molecule has 0 aromatic heterocycles. The number of nitrogens with one attached hydrogen (secondary N) is 2. The highest BCUT2D eigenvalue weighted by Gasteiger charge is 2.16. The summed E-state index contributed by atoms with van der Waals surface area (Å²) in [7, 11) is 3.31. The number of carbonyl (C=O) groups is 3. The van der Waals surface area contributed by atoms with E-state index < -0.39 is 0 Å². The summed E-state index contributed by atoms with van der Waals surface area (Å²) < 4.78 is 0. The Morgan fingerprint density at radius 3 is 2.11 bits per heavy atom. The van der Waals surface area contributed by atoms with Crippen LogP contribution in [0.4, 0.5) is 0 Å². The SMILES string of the molecule is CNC(=O)c1ccc(CN(C)C(=O)CC(C)NC(=O)c2ccccc2)cc1. The molecule has 0 heterocycles. The third-order valence-electron chi connectivity index (χ3n) is 4.18. The lowest BCUT2D eigenvalue weighted by Crippen LogP contribution is -2.37. The van der Waals surface area contributed by atoms with Gasteiger partial charge in [0.1, 0.15) is 0 Å². The van der Waals surface area contributed by atoms with E-state index in [4.69, 9.17) is 0 Å². The van der Waals surface area contributed by atoms with Crippen LogP contribution in [0.25, 0.3) is 0 Å². The standard InChI is InChI=1S/C21H25N3O3/c1-15(23-21(27)17-7-5-4-6-8-17)13-19(25)24(3)14-16-9-11-18(12-10-16)20(26)22-2/h4-12,15H,13-14H2,1-3H3,(H,22,26)(H,23,27). The van der Waals surface area contributed by atoms with Gasteiger partial charge in [-0.1, -0.05) is 30.3 Å². The average molecular weight is 367 g/mol. The number of nitrogens with zero attached hydrogens (tertiary/aromatic N) is 1. The van der Waals surface area contributed by atoms with Crippen LogP contribution in [0.5, 0.6) is 0 Å². The summed E-state index contributed by atoms with van der Waals surface area (Å²) in [5.74, 6) is -0.399. The van der Waals surface area contributed by atoms with Crippen LogP contribution in [0.1, 0.15) is 39.6 Å². The highest BCUT2D eigenvalue weighted by atomic mass is 16.2. The maximum absolute atomic E-state index is 12.4. The van der Waals surface area contributed by atoms with Gasteiger partial charge < -0.3 is 15.5 Å². The van der Waals surface area contributed by atoms with Gasteiger partial charge in [0.15, 0.2) is 0 Å². The third kappa shape index (κ3) is 5.95. The zero-order valence-corrected chi connectivity index (χ0v) is 15.9. The molecule has 3 amide bonds. The third-order valence-corrected chi connectivity index (χ3v) is 4.18. The second-order valence-corrected chi connectivity index (χ2v) is 6.47. The Labute approximate surface area is 159 Å². The van der Waals surface area contributed by atoms with E-state index in [1.807, 2.05) is 25.1 Å². The number of benzene rings is 2. The van der Waals surface area contributed by atoms with E-state index in [9.17, 15) is 14.4 Å². The van der Waals surface area contributed by atoms with Crippen LogP contribution in [0, 0.1) is 0 Å². The van der Waals surface area contributed by atoms with E-state index in [0.717, 1.165) is 5.56 Å². The highest BCUT2D eigenvalue weighted by molar-refractivity contribution is 5.95. The van der Waals surface area contributed by atoms with Gasteiger partial charge in [-0.2, -0.15) is 0 Å². The van der Waals surface area contributed by atoms with Gasteiger partial charge >= 0.3 is 0 Å². The highest BCUT2D eigenvalue weighted by Crippen LogP contribution is 2.09. The van der Waals surface area contributed by atoms with Crippen LogP contribution >= 0.6 is 0 Å². The molecule has 0 aliphatic heterocycles. The molecule has 0 bridgehead atoms. The summed E-state index contributed by atoms with van der Waals surface area (Å²) in [6, 6.07) is 15.8. The van der Waals surface area contributed by atoms with Crippen molar-refractivity contribution < 1.29 is 14.4 Å². The Hall–Kier alpha value is -3.15. The Morgan fingerprint density at radius 1 is 0.926 bits per heavy atom. The number of hydrogen-bond donors (Lipinski definition) is 2. The van der Waals surface area contributed by atoms with Crippen molar-refractivity contribution in [3.63, 3.8) is 0 Å². The van der Waals surface area contributed by atoms with Crippen LogP contribution in [-0.4, -0.2) is 42.8 Å². The summed E-state index contributed by atoms with van der Waals surface area (Å²) in [5, 5.41) is 5.41. The van der Waals surface area contributed by atoms with Crippen molar-refractivity contribution in [1.82, 2.24) is 15.5 Å². The van der Waals surface area contributed by atoms with Crippen molar-refractivity contribution in [3.8, 4) is 0 Å². The van der Waals surface area contributed by atoms with Crippen molar-refractivity contribution in [2.45, 2.75) is 25.9 Å². The van der Waals surface area contributed by atoms with Crippen LogP contribution < -0.4 is 10.6 Å². The van der Waals surface area contributed by atoms with E-state index in [-0.39, 0.29) is 30.2 Å². The van der Waals surface area contributed by atoms with E-state index in [1.165, 1.54) is 0 Å². The van der Waals surface area contributed by atoms with Crippen LogP contribution in [0.15, 0.2) is 54.6 Å². The van der Waals surface area contributed by atoms with Crippen molar-refractivity contribution in [2.24, 2.45) is 0 Å². The molecule has 6 heteroatoms. The molecule has 2 rings (SSSR count). The quantitative estimate of drug-likeness (QED) is 0.788. The molecule has 0 saturated heterocycles. The lowest BCUT2D eigenvalue weighted by atomic mass is 10.1. The minimum atomic E-state index is -0.275. The first-order valence-electron chi connectivity index (χ1n) is 8.81. The monoisotopic (exact) mass is 367 g/mol. The Bertz CT molecular complexity index is 788. The molecule has 0 aliphatic rings. The molecule has 0 spiro atoms. The Kier molecular flexibility index (Phi) is 7.11. The summed E-state index contributed by atoms with van der Waals surface area (Å²) in [5.41, 5.74) is 2.08. The van der Waals surface area contributed by atoms with Crippen molar-refractivity contribution in [3.05, 3.63) is 71.3 Å². The maximum atomic E-state index is 12.4. The fourth-order valence-electron chi connectivity index (χ4n) is 2.63. The van der Waals surface area contributed by atoms with Crippen molar-refractivity contribution in [1.29, 1.82) is 0 Å². The zero-order valence-electron chi connectivity index (χ0n) is 15.9. The van der Waals surface area contributed by atoms with E-state index in [0.29, 0.717) is 17.7 Å². The fraction of sp³-hybridized carbons (Fsp3) is 0.286. The van der Waals surface area contributed by atoms with Crippen molar-refractivity contribution in [2.75, 3.05) is 14.1 Å². The molecule has 0 saturated carbocycles. The summed E-state index contributed by atoms with van der Waals surface area (Å²) in [4.78, 5) is 37.7. The van der Waals surface area contributed by atoms with E-state index in [1.54, 1.807) is 55.4 Å². The lowest BCUT2D eigenvalue weighted by molar-refractivity contribution is -0.130. The molecule has 2 N–H and O–H groups in total. The van der Waals surface area contributed by atoms with Crippen molar-refractivity contribution >= 4 is 17.7 Å². The largest absolute Gasteiger partial charge is 0.355 e. The second kappa shape index (κ2) is 9.52. The predicted octanol–water partition coefficient (Wildman–Crippen LogP) is 2.21. The molecular weight excluding hydrogens is 342 g/mol. The number of carbonyl (C=O) groups excluding carboxylic acids is 3. The molecule has 0 aliphatic carbocycles. The second-order valence-electron chi connectivity index (χ2n) is 6.47. The van der Waals surface area contributed by atoms with Gasteiger partial charge in [0.05, 0.1) is 0 Å². The molecule has 6 nitrogen and oxygen atoms in total. The van der Waals surface area contributed by atoms with Crippen LogP contribution in [0.2, 0.25) is 0 Å². The first-order chi connectivity index (χ1) is 12.9. The molecule has 0 radical (unpaired) electrons. The fourth-order valence-corrected chi connectivity index (χ4v) is 2.63. The van der Waals surface area contributed by atoms with Gasteiger partial charge in [0.25, 0.3) is 11.8 Å². The lowest BCUT2D eigenvalue weighted by Gasteiger charge is -2.20. The number of amides is 3. The maximum Gasteiger partial charge on any atom is 0.251 e. The average Bonchev–Trinajstić information content (AvgIpc) is 2.68. The van der Waals surface area contributed by atoms with Gasteiger partial charge in [0, 0.05) is 44.2 Å². The predicted molar refractivity (Wildman–Crippen MR) is 104 cm³/mol. The minimum Gasteiger partial charge on any atom is -0.355 e. The molecular formula is C21H25N3O3. The minimum absolute atomic E-state index is 0.0637. The summed E-state index contributed by atoms with van der Waals surface area (Å²) in [6.07, 6.45) is 0.214. The number of hydrogen-bond acceptors (Lipinski definition) is 3. The first kappa shape index (κ1) is 20.2. The molecule has 142 valence electrons. The smallest absolute Gasteiger partial charge is 0.251 e. The summed E-state index contributed by atoms with van der Waals surface area (Å²) in [6.45, 7) is 2.25. The van der Waals surface area contributed by atoms with E-state index >= 15 is 0 Å². The van der Waals surface area contributed by atoms with Gasteiger partial charge in [-0.3, -0.25) is 14.4 Å². The van der Waals surface area contributed by atoms with Gasteiger partial charge in [-0.15, -0.1) is 0 Å². The Balaban J connectivity index is 1.85. The van der Waals surface area contributed by atoms with Crippen LogP contribution in [-0.2, 0) is 11.3 Å². The molecule has 1 atom stereocenters. The molecule has 2 aromatic rings. The van der Waals surface area contributed by atoms with Crippen LogP contribution in [0.3, 0.4) is 0 Å². The van der Waals surface area contributed by atoms with Gasteiger partial charge in [-0.25, -0.2) is 0 Å². The van der Waals surface area contributed by atoms with E-state index in [2.05, 4.69) is 10.6 Å².